The van der Waals surface area contributed by atoms with E-state index in [0.717, 1.165) is 0 Å². The van der Waals surface area contributed by atoms with Crippen molar-refractivity contribution in [1.82, 2.24) is 19.7 Å². The molecule has 0 radical (unpaired) electrons. The largest absolute Gasteiger partial charge is 0.495 e. The molecule has 0 unspecified atom stereocenters. The number of nitrogens with one attached hydrogen (secondary N) is 3. The summed E-state index contributed by atoms with van der Waals surface area (Å²) in [6.45, 7) is 3.66. The lowest BCUT2D eigenvalue weighted by atomic mass is 10.3. The number of amides is 2. The molecule has 3 aromatic rings. The number of aryl methyl sites for hydroxylation is 2. The van der Waals surface area contributed by atoms with Crippen molar-refractivity contribution in [3.63, 3.8) is 0 Å². The Bertz CT molecular complexity index is 1080. The number of aromatic nitrogens is 4. The van der Waals surface area contributed by atoms with Gasteiger partial charge in [-0.1, -0.05) is 18.5 Å². The van der Waals surface area contributed by atoms with E-state index in [1.54, 1.807) is 31.2 Å². The Kier molecular flexibility index (Phi) is 5.65. The fourth-order valence-electron chi connectivity index (χ4n) is 2.57. The fraction of sp³-hybridized carbons (Fsp3) is 0.222. The monoisotopic (exact) mass is 402 g/mol. The summed E-state index contributed by atoms with van der Waals surface area (Å²) in [4.78, 5) is 31.3. The van der Waals surface area contributed by atoms with Crippen LogP contribution in [0.1, 0.15) is 18.3 Å². The van der Waals surface area contributed by atoms with Crippen molar-refractivity contribution in [3.8, 4) is 11.7 Å². The third-order valence-corrected chi connectivity index (χ3v) is 4.06. The summed E-state index contributed by atoms with van der Waals surface area (Å²) in [6.07, 6.45) is 0.592. The molecule has 2 amide bonds. The van der Waals surface area contributed by atoms with Gasteiger partial charge in [0.2, 0.25) is 5.95 Å². The molecule has 0 saturated carbocycles. The van der Waals surface area contributed by atoms with Crippen LogP contribution in [0.2, 0.25) is 5.02 Å². The van der Waals surface area contributed by atoms with Crippen LogP contribution in [-0.2, 0) is 6.42 Å². The molecule has 0 aliphatic carbocycles. The average molecular weight is 403 g/mol. The number of ether oxygens (including phenoxy) is 1. The van der Waals surface area contributed by atoms with Crippen LogP contribution in [0.4, 0.5) is 16.3 Å². The number of carbonyl (C=O) groups excluding carboxylic acids is 1. The van der Waals surface area contributed by atoms with Gasteiger partial charge in [0.1, 0.15) is 11.6 Å². The van der Waals surface area contributed by atoms with Crippen molar-refractivity contribution in [2.24, 2.45) is 0 Å². The number of benzene rings is 1. The highest BCUT2D eigenvalue weighted by Gasteiger charge is 2.15. The summed E-state index contributed by atoms with van der Waals surface area (Å²) < 4.78 is 6.58. The number of nitrogens with zero attached hydrogens (tertiary/aromatic N) is 3. The molecule has 0 fully saturated rings. The topological polar surface area (TPSA) is 114 Å². The maximum atomic E-state index is 12.5. The van der Waals surface area contributed by atoms with Gasteiger partial charge in [-0.05, 0) is 31.5 Å². The molecule has 9 nitrogen and oxygen atoms in total. The number of hydrogen-bond acceptors (Lipinski definition) is 5. The van der Waals surface area contributed by atoms with E-state index in [1.807, 2.05) is 6.92 Å². The van der Waals surface area contributed by atoms with Crippen LogP contribution in [0, 0.1) is 6.92 Å². The molecule has 0 saturated heterocycles. The van der Waals surface area contributed by atoms with E-state index in [0.29, 0.717) is 40.1 Å². The molecule has 0 aliphatic heterocycles. The van der Waals surface area contributed by atoms with Crippen LogP contribution >= 0.6 is 11.6 Å². The fourth-order valence-corrected chi connectivity index (χ4v) is 2.75. The van der Waals surface area contributed by atoms with Crippen molar-refractivity contribution < 1.29 is 9.53 Å². The second-order valence-electron chi connectivity index (χ2n) is 5.92. The Morgan fingerprint density at radius 2 is 2.07 bits per heavy atom. The SMILES string of the molecule is CCc1cc(=O)[nH]c(-n2nc(C)cc2NC(=O)Nc2cc(Cl)ccc2OC)n1. The second-order valence-corrected chi connectivity index (χ2v) is 6.36. The molecule has 2 aromatic heterocycles. The Hall–Kier alpha value is -3.33. The highest BCUT2D eigenvalue weighted by atomic mass is 35.5. The molecule has 0 aliphatic rings. The van der Waals surface area contributed by atoms with Crippen LogP contribution in [0.5, 0.6) is 5.75 Å². The predicted molar refractivity (Wildman–Crippen MR) is 107 cm³/mol. The number of halogens is 1. The Morgan fingerprint density at radius 3 is 2.79 bits per heavy atom. The third-order valence-electron chi connectivity index (χ3n) is 3.83. The molecular formula is C18H19ClN6O3. The smallest absolute Gasteiger partial charge is 0.324 e. The van der Waals surface area contributed by atoms with E-state index in [1.165, 1.54) is 17.9 Å². The van der Waals surface area contributed by atoms with E-state index in [-0.39, 0.29) is 11.5 Å². The van der Waals surface area contributed by atoms with Gasteiger partial charge in [0.05, 0.1) is 18.5 Å². The Balaban J connectivity index is 1.88. The van der Waals surface area contributed by atoms with Gasteiger partial charge in [-0.3, -0.25) is 15.1 Å². The van der Waals surface area contributed by atoms with Crippen LogP contribution in [-0.4, -0.2) is 32.9 Å². The van der Waals surface area contributed by atoms with Crippen LogP contribution in [0.15, 0.2) is 35.1 Å². The summed E-state index contributed by atoms with van der Waals surface area (Å²) in [7, 11) is 1.49. The van der Waals surface area contributed by atoms with Crippen molar-refractivity contribution in [3.05, 3.63) is 57.1 Å². The Labute approximate surface area is 165 Å². The molecule has 3 N–H and O–H groups in total. The van der Waals surface area contributed by atoms with E-state index < -0.39 is 6.03 Å². The number of anilines is 2. The zero-order valence-corrected chi connectivity index (χ0v) is 16.3. The van der Waals surface area contributed by atoms with Gasteiger partial charge in [-0.15, -0.1) is 0 Å². The molecule has 1 aromatic carbocycles. The second kappa shape index (κ2) is 8.13. The number of hydrogen-bond donors (Lipinski definition) is 3. The molecular weight excluding hydrogens is 384 g/mol. The first-order valence-corrected chi connectivity index (χ1v) is 8.86. The standard InChI is InChI=1S/C18H19ClN6O3/c1-4-12-9-16(26)23-17(20-12)25-15(7-10(2)24-25)22-18(27)21-13-8-11(19)5-6-14(13)28-3/h5-9H,4H2,1-3H3,(H,20,23,26)(H2,21,22,27). The summed E-state index contributed by atoms with van der Waals surface area (Å²) >= 11 is 5.99. The minimum atomic E-state index is -0.532. The van der Waals surface area contributed by atoms with E-state index >= 15 is 0 Å². The van der Waals surface area contributed by atoms with Crippen molar-refractivity contribution in [2.75, 3.05) is 17.7 Å². The normalized spacial score (nSPS) is 10.6. The zero-order valence-electron chi connectivity index (χ0n) is 15.5. The first kappa shape index (κ1) is 19.4. The minimum Gasteiger partial charge on any atom is -0.495 e. The van der Waals surface area contributed by atoms with Gasteiger partial charge in [0, 0.05) is 22.8 Å². The first-order chi connectivity index (χ1) is 13.4. The van der Waals surface area contributed by atoms with E-state index in [9.17, 15) is 9.59 Å². The van der Waals surface area contributed by atoms with E-state index in [2.05, 4.69) is 25.7 Å². The Morgan fingerprint density at radius 1 is 1.29 bits per heavy atom. The number of carbonyl (C=O) groups is 1. The average Bonchev–Trinajstić information content (AvgIpc) is 3.01. The third kappa shape index (κ3) is 4.32. The molecule has 146 valence electrons. The van der Waals surface area contributed by atoms with Gasteiger partial charge < -0.3 is 10.1 Å². The molecule has 2 heterocycles. The zero-order chi connectivity index (χ0) is 20.3. The van der Waals surface area contributed by atoms with Crippen LogP contribution in [0.25, 0.3) is 5.95 Å². The minimum absolute atomic E-state index is 0.216. The highest BCUT2D eigenvalue weighted by molar-refractivity contribution is 6.31. The maximum Gasteiger partial charge on any atom is 0.324 e. The number of urea groups is 1. The molecule has 0 atom stereocenters. The summed E-state index contributed by atoms with van der Waals surface area (Å²) in [6, 6.07) is 7.43. The van der Waals surface area contributed by atoms with Crippen LogP contribution in [0.3, 0.4) is 0 Å². The first-order valence-electron chi connectivity index (χ1n) is 8.48. The lowest BCUT2D eigenvalue weighted by Gasteiger charge is -2.12. The molecule has 10 heteroatoms. The summed E-state index contributed by atoms with van der Waals surface area (Å²) in [5, 5.41) is 10.1. The molecule has 0 spiro atoms. The number of methoxy groups -OCH3 is 1. The maximum absolute atomic E-state index is 12.5. The summed E-state index contributed by atoms with van der Waals surface area (Å²) in [5.41, 5.74) is 1.37. The number of H-pyrrole nitrogens is 1. The lowest BCUT2D eigenvalue weighted by Crippen LogP contribution is -2.23. The number of aromatic amines is 1. The van der Waals surface area contributed by atoms with Gasteiger partial charge in [-0.25, -0.2) is 9.78 Å². The molecule has 3 rings (SSSR count). The van der Waals surface area contributed by atoms with Gasteiger partial charge >= 0.3 is 6.03 Å². The molecule has 28 heavy (non-hydrogen) atoms. The molecule has 0 bridgehead atoms. The predicted octanol–water partition coefficient (Wildman–Crippen LogP) is 3.13. The van der Waals surface area contributed by atoms with Gasteiger partial charge in [0.25, 0.3) is 5.56 Å². The summed E-state index contributed by atoms with van der Waals surface area (Å²) in [5.74, 6) is 1.02. The van der Waals surface area contributed by atoms with Gasteiger partial charge in [-0.2, -0.15) is 9.78 Å². The van der Waals surface area contributed by atoms with Crippen molar-refractivity contribution in [1.29, 1.82) is 0 Å². The van der Waals surface area contributed by atoms with Crippen LogP contribution < -0.4 is 20.9 Å². The number of rotatable bonds is 5. The van der Waals surface area contributed by atoms with Gasteiger partial charge in [0.15, 0.2) is 0 Å². The highest BCUT2D eigenvalue weighted by Crippen LogP contribution is 2.27. The van der Waals surface area contributed by atoms with Crippen molar-refractivity contribution >= 4 is 29.1 Å². The van der Waals surface area contributed by atoms with E-state index in [4.69, 9.17) is 16.3 Å². The van der Waals surface area contributed by atoms with Crippen molar-refractivity contribution in [2.45, 2.75) is 20.3 Å². The quantitative estimate of drug-likeness (QED) is 0.606. The lowest BCUT2D eigenvalue weighted by molar-refractivity contribution is 0.262.